The highest BCUT2D eigenvalue weighted by molar-refractivity contribution is 7.95. The number of esters is 1. The minimum atomic E-state index is -4.25. The second kappa shape index (κ2) is 9.03. The topological polar surface area (TPSA) is 114 Å². The number of amides is 1. The summed E-state index contributed by atoms with van der Waals surface area (Å²) in [5.41, 5.74) is 1.76. The zero-order valence-electron chi connectivity index (χ0n) is 18.7. The van der Waals surface area contributed by atoms with Crippen molar-refractivity contribution in [1.29, 1.82) is 0 Å². The van der Waals surface area contributed by atoms with Crippen LogP contribution in [0.4, 0.5) is 5.13 Å². The van der Waals surface area contributed by atoms with Gasteiger partial charge in [0.05, 0.1) is 17.2 Å². The molecule has 10 heteroatoms. The van der Waals surface area contributed by atoms with Crippen LogP contribution < -0.4 is 4.90 Å². The van der Waals surface area contributed by atoms with Gasteiger partial charge in [0.15, 0.2) is 10.9 Å². The van der Waals surface area contributed by atoms with E-state index in [1.165, 1.54) is 12.1 Å². The van der Waals surface area contributed by atoms with E-state index in [1.54, 1.807) is 56.3 Å². The van der Waals surface area contributed by atoms with Crippen molar-refractivity contribution in [2.45, 2.75) is 31.7 Å². The highest BCUT2D eigenvalue weighted by Gasteiger charge is 2.49. The van der Waals surface area contributed by atoms with Crippen LogP contribution in [0.2, 0.25) is 0 Å². The average Bonchev–Trinajstić information content (AvgIpc) is 3.32. The lowest BCUT2D eigenvalue weighted by atomic mass is 10.1. The Labute approximate surface area is 201 Å². The van der Waals surface area contributed by atoms with Crippen molar-refractivity contribution in [3.63, 3.8) is 0 Å². The van der Waals surface area contributed by atoms with E-state index in [9.17, 15) is 23.1 Å². The van der Waals surface area contributed by atoms with Crippen LogP contribution in [0.25, 0.3) is 0 Å². The van der Waals surface area contributed by atoms with Crippen LogP contribution in [-0.2, 0) is 19.4 Å². The first-order valence-corrected chi connectivity index (χ1v) is 12.7. The summed E-state index contributed by atoms with van der Waals surface area (Å²) in [6, 6.07) is 13.4. The van der Waals surface area contributed by atoms with Crippen LogP contribution >= 0.6 is 11.3 Å². The van der Waals surface area contributed by atoms with Gasteiger partial charge >= 0.3 is 5.97 Å². The van der Waals surface area contributed by atoms with Gasteiger partial charge in [0, 0.05) is 0 Å². The Balaban J connectivity index is 1.90. The number of hydrogen-bond donors (Lipinski definition) is 1. The van der Waals surface area contributed by atoms with Crippen molar-refractivity contribution < 1.29 is 27.9 Å². The Morgan fingerprint density at radius 3 is 2.38 bits per heavy atom. The lowest BCUT2D eigenvalue weighted by Crippen LogP contribution is -2.31. The number of carbonyl (C=O) groups is 2. The van der Waals surface area contributed by atoms with E-state index in [-0.39, 0.29) is 21.5 Å². The van der Waals surface area contributed by atoms with Gasteiger partial charge in [-0.1, -0.05) is 59.4 Å². The Morgan fingerprint density at radius 1 is 1.12 bits per heavy atom. The summed E-state index contributed by atoms with van der Waals surface area (Å²) >= 11 is 0.907. The first-order valence-electron chi connectivity index (χ1n) is 10.4. The zero-order chi connectivity index (χ0) is 24.6. The van der Waals surface area contributed by atoms with Gasteiger partial charge in [-0.3, -0.25) is 9.69 Å². The smallest absolute Gasteiger partial charge is 0.350 e. The van der Waals surface area contributed by atoms with Crippen LogP contribution in [0.5, 0.6) is 0 Å². The number of aliphatic hydroxyl groups is 1. The maximum absolute atomic E-state index is 13.6. The lowest BCUT2D eigenvalue weighted by Gasteiger charge is -2.25. The second-order valence-electron chi connectivity index (χ2n) is 7.65. The molecule has 1 aromatic heterocycles. The fraction of sp³-hybridized carbons (Fsp3) is 0.208. The van der Waals surface area contributed by atoms with Gasteiger partial charge in [-0.15, -0.1) is 0 Å². The Hall–Kier alpha value is -3.50. The number of ether oxygens (including phenoxy) is 1. The fourth-order valence-corrected chi connectivity index (χ4v) is 6.34. The molecule has 0 spiro atoms. The Kier molecular flexibility index (Phi) is 6.28. The molecule has 0 fully saturated rings. The number of carbonyl (C=O) groups excluding carboxylic acids is 2. The van der Waals surface area contributed by atoms with E-state index in [0.717, 1.165) is 21.8 Å². The molecule has 0 saturated carbocycles. The van der Waals surface area contributed by atoms with E-state index in [1.807, 2.05) is 6.92 Å². The number of benzene rings is 2. The number of nitrogens with zero attached hydrogens (tertiary/aromatic N) is 2. The number of anilines is 1. The van der Waals surface area contributed by atoms with Crippen LogP contribution in [0.15, 0.2) is 70.2 Å². The monoisotopic (exact) mass is 498 g/mol. The first-order chi connectivity index (χ1) is 16.2. The Bertz CT molecular complexity index is 1390. The van der Waals surface area contributed by atoms with Gasteiger partial charge in [-0.05, 0) is 38.5 Å². The van der Waals surface area contributed by atoms with Gasteiger partial charge in [0.1, 0.15) is 15.8 Å². The van der Waals surface area contributed by atoms with Crippen LogP contribution in [-0.4, -0.2) is 37.0 Å². The molecule has 3 aromatic rings. The summed E-state index contributed by atoms with van der Waals surface area (Å²) in [5.74, 6) is -2.37. The SMILES string of the molecule is CCOC(=O)c1sc(N2C(=O)C(O)=C(S(=O)(=O)c3ccccc3)C2c2ccc(C)cc2)nc1C. The summed E-state index contributed by atoms with van der Waals surface area (Å²) in [6.45, 7) is 5.33. The van der Waals surface area contributed by atoms with Crippen molar-refractivity contribution >= 4 is 38.2 Å². The predicted molar refractivity (Wildman–Crippen MR) is 127 cm³/mol. The van der Waals surface area contributed by atoms with Crippen molar-refractivity contribution in [1.82, 2.24) is 4.98 Å². The summed E-state index contributed by atoms with van der Waals surface area (Å²) in [7, 11) is -4.25. The molecule has 2 heterocycles. The molecular weight excluding hydrogens is 476 g/mol. The van der Waals surface area contributed by atoms with Gasteiger partial charge in [0.25, 0.3) is 5.91 Å². The number of thiazole rings is 1. The minimum Gasteiger partial charge on any atom is -0.502 e. The number of sulfone groups is 1. The maximum Gasteiger partial charge on any atom is 0.350 e. The highest BCUT2D eigenvalue weighted by atomic mass is 32.2. The average molecular weight is 499 g/mol. The highest BCUT2D eigenvalue weighted by Crippen LogP contribution is 2.46. The number of aliphatic hydroxyl groups excluding tert-OH is 1. The van der Waals surface area contributed by atoms with Crippen molar-refractivity contribution in [2.24, 2.45) is 0 Å². The van der Waals surface area contributed by atoms with E-state index in [0.29, 0.717) is 11.3 Å². The first kappa shape index (κ1) is 23.7. The quantitative estimate of drug-likeness (QED) is 0.505. The summed E-state index contributed by atoms with van der Waals surface area (Å²) in [4.78, 5) is 30.8. The minimum absolute atomic E-state index is 0.0501. The van der Waals surface area contributed by atoms with Crippen molar-refractivity contribution in [2.75, 3.05) is 11.5 Å². The molecule has 4 rings (SSSR count). The molecule has 1 aliphatic heterocycles. The van der Waals surface area contributed by atoms with Crippen LogP contribution in [0, 0.1) is 13.8 Å². The molecule has 0 bridgehead atoms. The third-order valence-corrected chi connectivity index (χ3v) is 8.37. The molecule has 1 N–H and O–H groups in total. The summed E-state index contributed by atoms with van der Waals surface area (Å²) in [6.07, 6.45) is 0. The number of aryl methyl sites for hydroxylation is 2. The normalized spacial score (nSPS) is 16.3. The molecule has 0 radical (unpaired) electrons. The standard InChI is InChI=1S/C24H22N2O6S2/c1-4-32-23(29)20-15(3)25-24(33-20)26-18(16-12-10-14(2)11-13-16)21(19(27)22(26)28)34(30,31)17-8-6-5-7-9-17/h5-13,18,27H,4H2,1-3H3. The van der Waals surface area contributed by atoms with Gasteiger partial charge in [-0.2, -0.15) is 0 Å². The molecule has 1 aliphatic rings. The molecule has 0 aliphatic carbocycles. The molecule has 1 amide bonds. The zero-order valence-corrected chi connectivity index (χ0v) is 20.3. The summed E-state index contributed by atoms with van der Waals surface area (Å²) in [5, 5.41) is 10.9. The fourth-order valence-electron chi connectivity index (χ4n) is 3.70. The molecular formula is C24H22N2O6S2. The van der Waals surface area contributed by atoms with Crippen molar-refractivity contribution in [3.05, 3.63) is 87.0 Å². The molecule has 1 atom stereocenters. The van der Waals surface area contributed by atoms with Gasteiger partial charge in [-0.25, -0.2) is 18.2 Å². The van der Waals surface area contributed by atoms with E-state index >= 15 is 0 Å². The van der Waals surface area contributed by atoms with E-state index in [4.69, 9.17) is 4.74 Å². The lowest BCUT2D eigenvalue weighted by molar-refractivity contribution is -0.117. The van der Waals surface area contributed by atoms with Crippen LogP contribution in [0.1, 0.15) is 39.5 Å². The Morgan fingerprint density at radius 2 is 1.76 bits per heavy atom. The molecule has 1 unspecified atom stereocenters. The van der Waals surface area contributed by atoms with Crippen molar-refractivity contribution in [3.8, 4) is 0 Å². The van der Waals surface area contributed by atoms with E-state index < -0.39 is 38.4 Å². The van der Waals surface area contributed by atoms with E-state index in [2.05, 4.69) is 4.98 Å². The van der Waals surface area contributed by atoms with Crippen LogP contribution in [0.3, 0.4) is 0 Å². The third-order valence-electron chi connectivity index (χ3n) is 5.35. The molecule has 176 valence electrons. The molecule has 8 nitrogen and oxygen atoms in total. The number of rotatable bonds is 6. The van der Waals surface area contributed by atoms with Gasteiger partial charge in [0.2, 0.25) is 9.84 Å². The number of aromatic nitrogens is 1. The second-order valence-corrected chi connectivity index (χ2v) is 10.5. The maximum atomic E-state index is 13.6. The largest absolute Gasteiger partial charge is 0.502 e. The molecule has 2 aromatic carbocycles. The summed E-state index contributed by atoms with van der Waals surface area (Å²) < 4.78 is 32.3. The molecule has 34 heavy (non-hydrogen) atoms. The number of hydrogen-bond acceptors (Lipinski definition) is 8. The third kappa shape index (κ3) is 3.99. The predicted octanol–water partition coefficient (Wildman–Crippen LogP) is 4.27. The molecule has 0 saturated heterocycles. The van der Waals surface area contributed by atoms with Gasteiger partial charge < -0.3 is 9.84 Å².